The molecule has 0 radical (unpaired) electrons. The Labute approximate surface area is 160 Å². The zero-order valence-electron chi connectivity index (χ0n) is 16.5. The van der Waals surface area contributed by atoms with Crippen molar-refractivity contribution < 1.29 is 4.52 Å². The Hall–Kier alpha value is -1.54. The Balaban J connectivity index is 1.56. The second kappa shape index (κ2) is 8.00. The van der Waals surface area contributed by atoms with Gasteiger partial charge in [-0.3, -0.25) is 4.90 Å². The summed E-state index contributed by atoms with van der Waals surface area (Å²) in [5, 5.41) is 5.21. The SMILES string of the molecule is CC(C)Cc1nsc(N2CCCN(Cc3noc(C(C)(C)C)n3)CC2)n1. The quantitative estimate of drug-likeness (QED) is 0.791. The minimum Gasteiger partial charge on any atom is -0.346 e. The van der Waals surface area contributed by atoms with Gasteiger partial charge in [-0.1, -0.05) is 39.8 Å². The summed E-state index contributed by atoms with van der Waals surface area (Å²) >= 11 is 1.53. The topological polar surface area (TPSA) is 71.2 Å². The first-order valence-corrected chi connectivity index (χ1v) is 10.2. The summed E-state index contributed by atoms with van der Waals surface area (Å²) < 4.78 is 9.93. The molecule has 0 saturated carbocycles. The summed E-state index contributed by atoms with van der Waals surface area (Å²) in [4.78, 5) is 14.0. The Morgan fingerprint density at radius 3 is 2.58 bits per heavy atom. The van der Waals surface area contributed by atoms with Crippen LogP contribution in [0.4, 0.5) is 5.13 Å². The molecule has 7 nitrogen and oxygen atoms in total. The second-order valence-electron chi connectivity index (χ2n) is 8.47. The molecular weight excluding hydrogens is 348 g/mol. The molecule has 144 valence electrons. The van der Waals surface area contributed by atoms with Crippen molar-refractivity contribution in [3.8, 4) is 0 Å². The predicted octanol–water partition coefficient (Wildman–Crippen LogP) is 3.13. The lowest BCUT2D eigenvalue weighted by Gasteiger charge is -2.20. The van der Waals surface area contributed by atoms with E-state index in [-0.39, 0.29) is 5.41 Å². The van der Waals surface area contributed by atoms with E-state index in [0.29, 0.717) is 11.8 Å². The molecule has 1 aliphatic rings. The van der Waals surface area contributed by atoms with Crippen molar-refractivity contribution >= 4 is 16.7 Å². The van der Waals surface area contributed by atoms with Crippen LogP contribution in [0.25, 0.3) is 0 Å². The number of rotatable bonds is 5. The van der Waals surface area contributed by atoms with Gasteiger partial charge in [0.2, 0.25) is 11.0 Å². The molecule has 1 aliphatic heterocycles. The van der Waals surface area contributed by atoms with Gasteiger partial charge in [0.1, 0.15) is 5.82 Å². The normalized spacial score (nSPS) is 17.1. The van der Waals surface area contributed by atoms with E-state index in [1.807, 2.05) is 0 Å². The van der Waals surface area contributed by atoms with Gasteiger partial charge in [0.15, 0.2) is 5.82 Å². The fourth-order valence-corrected chi connectivity index (χ4v) is 3.71. The highest BCUT2D eigenvalue weighted by Crippen LogP contribution is 2.22. The Morgan fingerprint density at radius 1 is 1.08 bits per heavy atom. The van der Waals surface area contributed by atoms with Crippen LogP contribution in [-0.2, 0) is 18.4 Å². The standard InChI is InChI=1S/C18H30N6OS/c1-13(2)11-14-20-17(26-22-14)24-8-6-7-23(9-10-24)12-15-19-16(25-21-15)18(3,4)5/h13H,6-12H2,1-5H3. The lowest BCUT2D eigenvalue weighted by atomic mass is 9.97. The van der Waals surface area contributed by atoms with Crippen LogP contribution < -0.4 is 4.90 Å². The van der Waals surface area contributed by atoms with Crippen LogP contribution in [0.3, 0.4) is 0 Å². The third-order valence-electron chi connectivity index (χ3n) is 4.38. The molecule has 0 atom stereocenters. The van der Waals surface area contributed by atoms with E-state index in [4.69, 9.17) is 9.51 Å². The van der Waals surface area contributed by atoms with Gasteiger partial charge >= 0.3 is 0 Å². The lowest BCUT2D eigenvalue weighted by molar-refractivity contribution is 0.269. The van der Waals surface area contributed by atoms with Gasteiger partial charge in [0, 0.05) is 49.5 Å². The van der Waals surface area contributed by atoms with E-state index >= 15 is 0 Å². The summed E-state index contributed by atoms with van der Waals surface area (Å²) in [6.45, 7) is 15.4. The van der Waals surface area contributed by atoms with Crippen LogP contribution in [0.5, 0.6) is 0 Å². The van der Waals surface area contributed by atoms with E-state index in [0.717, 1.165) is 62.3 Å². The lowest BCUT2D eigenvalue weighted by Crippen LogP contribution is -2.30. The number of nitrogens with zero attached hydrogens (tertiary/aromatic N) is 6. The minimum atomic E-state index is -0.105. The fourth-order valence-electron chi connectivity index (χ4n) is 2.96. The van der Waals surface area contributed by atoms with E-state index < -0.39 is 0 Å². The molecule has 0 unspecified atom stereocenters. The summed E-state index contributed by atoms with van der Waals surface area (Å²) in [5.41, 5.74) is -0.105. The molecule has 26 heavy (non-hydrogen) atoms. The average Bonchev–Trinajstić information content (AvgIpc) is 3.13. The van der Waals surface area contributed by atoms with E-state index in [9.17, 15) is 0 Å². The number of anilines is 1. The zero-order chi connectivity index (χ0) is 18.7. The van der Waals surface area contributed by atoms with Crippen molar-refractivity contribution in [2.45, 2.75) is 59.4 Å². The van der Waals surface area contributed by atoms with Crippen molar-refractivity contribution in [1.29, 1.82) is 0 Å². The number of hydrogen-bond donors (Lipinski definition) is 0. The minimum absolute atomic E-state index is 0.105. The molecule has 0 bridgehead atoms. The van der Waals surface area contributed by atoms with Crippen molar-refractivity contribution in [2.24, 2.45) is 5.92 Å². The van der Waals surface area contributed by atoms with Crippen LogP contribution in [0.15, 0.2) is 4.52 Å². The summed E-state index contributed by atoms with van der Waals surface area (Å²) in [7, 11) is 0. The van der Waals surface area contributed by atoms with Crippen LogP contribution in [0.2, 0.25) is 0 Å². The predicted molar refractivity (Wildman–Crippen MR) is 104 cm³/mol. The molecule has 0 N–H and O–H groups in total. The molecule has 1 fully saturated rings. The van der Waals surface area contributed by atoms with Gasteiger partial charge < -0.3 is 9.42 Å². The molecule has 2 aromatic heterocycles. The number of hydrogen-bond acceptors (Lipinski definition) is 8. The van der Waals surface area contributed by atoms with Crippen LogP contribution >= 0.6 is 11.5 Å². The Bertz CT molecular complexity index is 705. The summed E-state index contributed by atoms with van der Waals surface area (Å²) in [6.07, 6.45) is 2.05. The molecule has 3 rings (SSSR count). The van der Waals surface area contributed by atoms with Crippen molar-refractivity contribution in [1.82, 2.24) is 24.4 Å². The maximum atomic E-state index is 5.41. The Kier molecular flexibility index (Phi) is 5.92. The van der Waals surface area contributed by atoms with Gasteiger partial charge in [-0.05, 0) is 12.3 Å². The zero-order valence-corrected chi connectivity index (χ0v) is 17.3. The average molecular weight is 379 g/mol. The van der Waals surface area contributed by atoms with E-state index in [1.165, 1.54) is 11.5 Å². The molecule has 0 amide bonds. The molecule has 3 heterocycles. The van der Waals surface area contributed by atoms with Crippen molar-refractivity contribution in [3.05, 3.63) is 17.5 Å². The molecule has 0 spiro atoms. The summed E-state index contributed by atoms with van der Waals surface area (Å²) in [6, 6.07) is 0. The first-order chi connectivity index (χ1) is 12.3. The molecule has 1 saturated heterocycles. The van der Waals surface area contributed by atoms with Gasteiger partial charge in [0.25, 0.3) is 0 Å². The van der Waals surface area contributed by atoms with Gasteiger partial charge in [-0.2, -0.15) is 9.36 Å². The maximum Gasteiger partial charge on any atom is 0.232 e. The van der Waals surface area contributed by atoms with E-state index in [1.54, 1.807) is 0 Å². The molecule has 8 heteroatoms. The monoisotopic (exact) mass is 378 g/mol. The third-order valence-corrected chi connectivity index (χ3v) is 5.20. The van der Waals surface area contributed by atoms with Crippen molar-refractivity contribution in [2.75, 3.05) is 31.1 Å². The second-order valence-corrected chi connectivity index (χ2v) is 9.20. The van der Waals surface area contributed by atoms with Crippen molar-refractivity contribution in [3.63, 3.8) is 0 Å². The van der Waals surface area contributed by atoms with Crippen LogP contribution in [0.1, 0.15) is 58.6 Å². The highest BCUT2D eigenvalue weighted by molar-refractivity contribution is 7.09. The van der Waals surface area contributed by atoms with Crippen LogP contribution in [-0.4, -0.2) is 50.6 Å². The first kappa shape index (κ1) is 19.2. The smallest absolute Gasteiger partial charge is 0.232 e. The highest BCUT2D eigenvalue weighted by Gasteiger charge is 2.24. The highest BCUT2D eigenvalue weighted by atomic mass is 32.1. The maximum absolute atomic E-state index is 5.41. The first-order valence-electron chi connectivity index (χ1n) is 9.44. The van der Waals surface area contributed by atoms with Gasteiger partial charge in [0.05, 0.1) is 6.54 Å². The largest absolute Gasteiger partial charge is 0.346 e. The van der Waals surface area contributed by atoms with Gasteiger partial charge in [-0.25, -0.2) is 4.98 Å². The number of aromatic nitrogens is 4. The third kappa shape index (κ3) is 5.01. The van der Waals surface area contributed by atoms with Crippen LogP contribution in [0, 0.1) is 5.92 Å². The van der Waals surface area contributed by atoms with Gasteiger partial charge in [-0.15, -0.1) is 0 Å². The molecular formula is C18H30N6OS. The summed E-state index contributed by atoms with van der Waals surface area (Å²) in [5.74, 6) is 3.04. The van der Waals surface area contributed by atoms with E-state index in [2.05, 4.69) is 58.9 Å². The molecule has 0 aromatic carbocycles. The molecule has 2 aromatic rings. The molecule has 0 aliphatic carbocycles. The Morgan fingerprint density at radius 2 is 1.88 bits per heavy atom. The fraction of sp³-hybridized carbons (Fsp3) is 0.778.